The van der Waals surface area contributed by atoms with Crippen LogP contribution in [-0.2, 0) is 5.41 Å². The molecule has 0 heterocycles. The van der Waals surface area contributed by atoms with Gasteiger partial charge in [0.15, 0.2) is 0 Å². The van der Waals surface area contributed by atoms with Gasteiger partial charge in [-0.25, -0.2) is 0 Å². The molecule has 0 bridgehead atoms. The van der Waals surface area contributed by atoms with Crippen LogP contribution >= 0.6 is 0 Å². The summed E-state index contributed by atoms with van der Waals surface area (Å²) in [5.74, 6) is 0. The van der Waals surface area contributed by atoms with Crippen LogP contribution in [-0.4, -0.2) is 12.6 Å². The van der Waals surface area contributed by atoms with Crippen molar-refractivity contribution in [2.75, 3.05) is 6.54 Å². The third-order valence-corrected chi connectivity index (χ3v) is 3.32. The first-order valence-electron chi connectivity index (χ1n) is 5.67. The van der Waals surface area contributed by atoms with Crippen LogP contribution in [0.1, 0.15) is 31.9 Å². The Morgan fingerprint density at radius 2 is 2.00 bits per heavy atom. The normalized spacial score (nSPS) is 22.5. The number of hydrogen-bond acceptors (Lipinski definition) is 1. The van der Waals surface area contributed by atoms with E-state index < -0.39 is 0 Å². The molecule has 0 aromatic heterocycles. The van der Waals surface area contributed by atoms with Crippen LogP contribution in [0, 0.1) is 0 Å². The molecule has 1 N–H and O–H groups in total. The van der Waals surface area contributed by atoms with Gasteiger partial charge < -0.3 is 5.32 Å². The van der Waals surface area contributed by atoms with Crippen molar-refractivity contribution < 1.29 is 0 Å². The van der Waals surface area contributed by atoms with Crippen molar-refractivity contribution >= 4 is 6.08 Å². The van der Waals surface area contributed by atoms with Crippen molar-refractivity contribution in [2.24, 2.45) is 0 Å². The molecule has 80 valence electrons. The van der Waals surface area contributed by atoms with Crippen LogP contribution in [0.4, 0.5) is 0 Å². The predicted octanol–water partition coefficient (Wildman–Crippen LogP) is 2.97. The van der Waals surface area contributed by atoms with Gasteiger partial charge in [-0.1, -0.05) is 57.2 Å². The van der Waals surface area contributed by atoms with Crippen molar-refractivity contribution in [3.8, 4) is 0 Å². The monoisotopic (exact) mass is 201 g/mol. The smallest absolute Gasteiger partial charge is 0.0345 e. The Morgan fingerprint density at radius 1 is 1.27 bits per heavy atom. The summed E-state index contributed by atoms with van der Waals surface area (Å²) in [6.07, 6.45) is 4.51. The third-order valence-electron chi connectivity index (χ3n) is 3.32. The Bertz CT molecular complexity index is 377. The molecule has 0 saturated carbocycles. The lowest BCUT2D eigenvalue weighted by atomic mass is 9.72. The molecule has 1 aromatic rings. The second kappa shape index (κ2) is 3.82. The molecule has 1 heteroatoms. The van der Waals surface area contributed by atoms with E-state index in [1.54, 1.807) is 0 Å². The third kappa shape index (κ3) is 1.72. The quantitative estimate of drug-likeness (QED) is 0.775. The zero-order valence-corrected chi connectivity index (χ0v) is 9.75. The molecule has 1 atom stereocenters. The van der Waals surface area contributed by atoms with Crippen molar-refractivity contribution in [2.45, 2.75) is 32.2 Å². The highest BCUT2D eigenvalue weighted by atomic mass is 14.9. The standard InChI is InChI=1S/C14H19N/c1-4-15-13-10-9-11-7-5-6-8-12(11)14(13,2)3/h5-10,13,15H,4H2,1-3H3. The molecule has 0 spiro atoms. The van der Waals surface area contributed by atoms with E-state index in [1.165, 1.54) is 11.1 Å². The van der Waals surface area contributed by atoms with Crippen LogP contribution in [0.3, 0.4) is 0 Å². The Balaban J connectivity index is 2.43. The van der Waals surface area contributed by atoms with Gasteiger partial charge in [0, 0.05) is 11.5 Å². The first-order valence-corrected chi connectivity index (χ1v) is 5.67. The Kier molecular flexibility index (Phi) is 2.66. The summed E-state index contributed by atoms with van der Waals surface area (Å²) < 4.78 is 0. The summed E-state index contributed by atoms with van der Waals surface area (Å²) in [6, 6.07) is 9.10. The lowest BCUT2D eigenvalue weighted by Crippen LogP contribution is -2.45. The minimum absolute atomic E-state index is 0.182. The Morgan fingerprint density at radius 3 is 2.73 bits per heavy atom. The maximum absolute atomic E-state index is 3.53. The Hall–Kier alpha value is -1.08. The molecule has 1 nitrogen and oxygen atoms in total. The topological polar surface area (TPSA) is 12.0 Å². The second-order valence-electron chi connectivity index (χ2n) is 4.70. The highest BCUT2D eigenvalue weighted by Gasteiger charge is 2.32. The molecule has 15 heavy (non-hydrogen) atoms. The van der Waals surface area contributed by atoms with E-state index in [4.69, 9.17) is 0 Å². The lowest BCUT2D eigenvalue weighted by molar-refractivity contribution is 0.397. The van der Waals surface area contributed by atoms with Gasteiger partial charge in [-0.2, -0.15) is 0 Å². The summed E-state index contributed by atoms with van der Waals surface area (Å²) in [7, 11) is 0. The van der Waals surface area contributed by atoms with Gasteiger partial charge in [0.1, 0.15) is 0 Å². The molecule has 1 unspecified atom stereocenters. The van der Waals surface area contributed by atoms with Crippen molar-refractivity contribution in [1.29, 1.82) is 0 Å². The number of benzene rings is 1. The van der Waals surface area contributed by atoms with E-state index in [2.05, 4.69) is 62.5 Å². The molecule has 0 amide bonds. The maximum atomic E-state index is 3.53. The van der Waals surface area contributed by atoms with E-state index in [-0.39, 0.29) is 5.41 Å². The first kappa shape index (κ1) is 10.4. The van der Waals surface area contributed by atoms with Gasteiger partial charge in [0.25, 0.3) is 0 Å². The summed E-state index contributed by atoms with van der Waals surface area (Å²) >= 11 is 0. The van der Waals surface area contributed by atoms with E-state index in [0.717, 1.165) is 6.54 Å². The Labute approximate surface area is 92.2 Å². The van der Waals surface area contributed by atoms with Crippen LogP contribution in [0.5, 0.6) is 0 Å². The maximum Gasteiger partial charge on any atom is 0.0345 e. The summed E-state index contributed by atoms with van der Waals surface area (Å²) in [4.78, 5) is 0. The largest absolute Gasteiger partial charge is 0.310 e. The van der Waals surface area contributed by atoms with Gasteiger partial charge in [0.05, 0.1) is 0 Å². The number of hydrogen-bond donors (Lipinski definition) is 1. The van der Waals surface area contributed by atoms with Crippen LogP contribution in [0.25, 0.3) is 6.08 Å². The van der Waals surface area contributed by atoms with Gasteiger partial charge in [-0.15, -0.1) is 0 Å². The van der Waals surface area contributed by atoms with Gasteiger partial charge in [-0.3, -0.25) is 0 Å². The van der Waals surface area contributed by atoms with Gasteiger partial charge >= 0.3 is 0 Å². The molecular formula is C14H19N. The van der Waals surface area contributed by atoms with Crippen LogP contribution < -0.4 is 5.32 Å². The van der Waals surface area contributed by atoms with E-state index in [0.29, 0.717) is 6.04 Å². The molecule has 1 aliphatic rings. The number of rotatable bonds is 2. The highest BCUT2D eigenvalue weighted by Crippen LogP contribution is 2.34. The number of nitrogens with one attached hydrogen (secondary N) is 1. The zero-order valence-electron chi connectivity index (χ0n) is 9.75. The molecule has 2 rings (SSSR count). The van der Waals surface area contributed by atoms with Crippen LogP contribution in [0.2, 0.25) is 0 Å². The summed E-state index contributed by atoms with van der Waals surface area (Å²) in [5.41, 5.74) is 2.98. The van der Waals surface area contributed by atoms with E-state index >= 15 is 0 Å². The van der Waals surface area contributed by atoms with Gasteiger partial charge in [-0.05, 0) is 17.7 Å². The fourth-order valence-corrected chi connectivity index (χ4v) is 2.38. The highest BCUT2D eigenvalue weighted by molar-refractivity contribution is 5.60. The fourth-order valence-electron chi connectivity index (χ4n) is 2.38. The molecule has 1 aliphatic carbocycles. The average Bonchev–Trinajstić information content (AvgIpc) is 2.23. The first-order chi connectivity index (χ1) is 7.16. The van der Waals surface area contributed by atoms with Crippen molar-refractivity contribution in [1.82, 2.24) is 5.32 Å². The average molecular weight is 201 g/mol. The molecular weight excluding hydrogens is 182 g/mol. The molecule has 0 fully saturated rings. The fraction of sp³-hybridized carbons (Fsp3) is 0.429. The van der Waals surface area contributed by atoms with Crippen molar-refractivity contribution in [3.63, 3.8) is 0 Å². The SMILES string of the molecule is CCNC1C=Cc2ccccc2C1(C)C. The van der Waals surface area contributed by atoms with Crippen molar-refractivity contribution in [3.05, 3.63) is 41.5 Å². The van der Waals surface area contributed by atoms with E-state index in [9.17, 15) is 0 Å². The summed E-state index contributed by atoms with van der Waals surface area (Å²) in [5, 5.41) is 3.53. The second-order valence-corrected chi connectivity index (χ2v) is 4.70. The van der Waals surface area contributed by atoms with E-state index in [1.807, 2.05) is 0 Å². The lowest BCUT2D eigenvalue weighted by Gasteiger charge is -2.37. The minimum Gasteiger partial charge on any atom is -0.310 e. The summed E-state index contributed by atoms with van der Waals surface area (Å²) in [6.45, 7) is 7.79. The number of likely N-dealkylation sites (N-methyl/N-ethyl adjacent to an activating group) is 1. The van der Waals surface area contributed by atoms with Gasteiger partial charge in [0.2, 0.25) is 0 Å². The molecule has 0 radical (unpaired) electrons. The molecule has 1 aromatic carbocycles. The molecule has 0 aliphatic heterocycles. The zero-order chi connectivity index (χ0) is 10.9. The predicted molar refractivity (Wildman–Crippen MR) is 66.0 cm³/mol. The molecule has 0 saturated heterocycles. The number of fused-ring (bicyclic) bond motifs is 1. The minimum atomic E-state index is 0.182. The van der Waals surface area contributed by atoms with Crippen LogP contribution in [0.15, 0.2) is 30.3 Å².